The van der Waals surface area contributed by atoms with E-state index in [0.717, 1.165) is 4.68 Å². The van der Waals surface area contributed by atoms with Crippen molar-refractivity contribution in [3.05, 3.63) is 75.3 Å². The fourth-order valence-electron chi connectivity index (χ4n) is 3.78. The van der Waals surface area contributed by atoms with Crippen molar-refractivity contribution in [3.8, 4) is 0 Å². The van der Waals surface area contributed by atoms with E-state index in [1.165, 1.54) is 0 Å². The zero-order valence-electron chi connectivity index (χ0n) is 16.3. The maximum Gasteiger partial charge on any atom is 0.273 e. The Bertz CT molecular complexity index is 1200. The summed E-state index contributed by atoms with van der Waals surface area (Å²) in [7, 11) is 0. The van der Waals surface area contributed by atoms with Gasteiger partial charge in [0.1, 0.15) is 6.54 Å². The van der Waals surface area contributed by atoms with E-state index in [2.05, 4.69) is 10.4 Å². The maximum atomic E-state index is 12.8. The number of piperidine rings is 1. The van der Waals surface area contributed by atoms with Crippen LogP contribution in [0.2, 0.25) is 0 Å². The Morgan fingerprint density at radius 3 is 2.47 bits per heavy atom. The average Bonchev–Trinajstić information content (AvgIpc) is 2.78. The van der Waals surface area contributed by atoms with E-state index in [0.29, 0.717) is 30.5 Å². The monoisotopic (exact) mass is 406 g/mol. The van der Waals surface area contributed by atoms with Gasteiger partial charge in [-0.05, 0) is 37.1 Å². The number of likely N-dealkylation sites (tertiary alicyclic amines) is 1. The first kappa shape index (κ1) is 19.6. The number of carbonyl (C=O) groups excluding carboxylic acids is 2. The Hall–Kier alpha value is -3.68. The molecule has 0 bridgehead atoms. The van der Waals surface area contributed by atoms with Crippen LogP contribution < -0.4 is 16.4 Å². The lowest BCUT2D eigenvalue weighted by Crippen LogP contribution is -2.46. The number of rotatable bonds is 4. The van der Waals surface area contributed by atoms with E-state index < -0.39 is 11.1 Å². The molecule has 1 saturated heterocycles. The SMILES string of the molecule is O=C(Nc1ccccc1)C1CCCN(C(=O)Cn2[nH]c(=O)c3ccccc3c2=O)C1. The first-order chi connectivity index (χ1) is 14.5. The minimum Gasteiger partial charge on any atom is -0.340 e. The lowest BCUT2D eigenvalue weighted by Gasteiger charge is -2.32. The molecule has 1 aromatic heterocycles. The molecule has 30 heavy (non-hydrogen) atoms. The van der Waals surface area contributed by atoms with Crippen molar-refractivity contribution >= 4 is 28.3 Å². The van der Waals surface area contributed by atoms with Gasteiger partial charge in [0.15, 0.2) is 0 Å². The van der Waals surface area contributed by atoms with Gasteiger partial charge in [-0.3, -0.25) is 24.3 Å². The molecule has 154 valence electrons. The molecule has 3 aromatic rings. The largest absolute Gasteiger partial charge is 0.340 e. The average molecular weight is 406 g/mol. The first-order valence-corrected chi connectivity index (χ1v) is 9.88. The van der Waals surface area contributed by atoms with Crippen LogP contribution in [0.1, 0.15) is 12.8 Å². The molecule has 4 rings (SSSR count). The topological polar surface area (TPSA) is 104 Å². The van der Waals surface area contributed by atoms with Gasteiger partial charge in [-0.1, -0.05) is 30.3 Å². The van der Waals surface area contributed by atoms with Crippen molar-refractivity contribution in [3.63, 3.8) is 0 Å². The molecule has 0 radical (unpaired) electrons. The molecule has 2 N–H and O–H groups in total. The lowest BCUT2D eigenvalue weighted by molar-refractivity contribution is -0.135. The second kappa shape index (κ2) is 8.36. The fourth-order valence-corrected chi connectivity index (χ4v) is 3.78. The fraction of sp³-hybridized carbons (Fsp3) is 0.273. The van der Waals surface area contributed by atoms with Crippen LogP contribution in [0.25, 0.3) is 10.8 Å². The molecule has 8 nitrogen and oxygen atoms in total. The molecule has 1 unspecified atom stereocenters. The molecule has 2 amide bonds. The Balaban J connectivity index is 1.47. The number of nitrogens with zero attached hydrogens (tertiary/aromatic N) is 2. The van der Waals surface area contributed by atoms with Crippen LogP contribution in [0.15, 0.2) is 64.2 Å². The van der Waals surface area contributed by atoms with Gasteiger partial charge in [0.05, 0.1) is 16.7 Å². The molecule has 1 atom stereocenters. The van der Waals surface area contributed by atoms with Crippen LogP contribution in [0, 0.1) is 5.92 Å². The van der Waals surface area contributed by atoms with Gasteiger partial charge < -0.3 is 10.2 Å². The highest BCUT2D eigenvalue weighted by molar-refractivity contribution is 5.93. The number of H-pyrrole nitrogens is 1. The second-order valence-electron chi connectivity index (χ2n) is 7.41. The van der Waals surface area contributed by atoms with Gasteiger partial charge in [-0.25, -0.2) is 4.68 Å². The van der Waals surface area contributed by atoms with E-state index in [9.17, 15) is 19.2 Å². The minimum atomic E-state index is -0.422. The Labute approximate surface area is 172 Å². The molecule has 0 saturated carbocycles. The normalized spacial score (nSPS) is 16.4. The van der Waals surface area contributed by atoms with Crippen LogP contribution in [-0.2, 0) is 16.1 Å². The molecule has 1 fully saturated rings. The summed E-state index contributed by atoms with van der Waals surface area (Å²) in [5, 5.41) is 5.92. The van der Waals surface area contributed by atoms with Gasteiger partial charge in [0.25, 0.3) is 11.1 Å². The Morgan fingerprint density at radius 1 is 1.00 bits per heavy atom. The zero-order valence-corrected chi connectivity index (χ0v) is 16.3. The standard InChI is InChI=1S/C22H22N4O4/c27-19(14-26-22(30)18-11-5-4-10-17(18)21(29)24-26)25-12-6-7-15(13-25)20(28)23-16-8-2-1-3-9-16/h1-5,8-11,15H,6-7,12-14H2,(H,23,28)(H,24,29). The van der Waals surface area contributed by atoms with Gasteiger partial charge in [-0.2, -0.15) is 0 Å². The first-order valence-electron chi connectivity index (χ1n) is 9.88. The number of aromatic nitrogens is 2. The number of fused-ring (bicyclic) bond motifs is 1. The van der Waals surface area contributed by atoms with Gasteiger partial charge in [0, 0.05) is 18.8 Å². The van der Waals surface area contributed by atoms with E-state index in [-0.39, 0.29) is 36.2 Å². The van der Waals surface area contributed by atoms with E-state index in [1.54, 1.807) is 29.2 Å². The van der Waals surface area contributed by atoms with Crippen LogP contribution in [0.4, 0.5) is 5.69 Å². The number of aromatic amines is 1. The molecule has 0 spiro atoms. The highest BCUT2D eigenvalue weighted by Gasteiger charge is 2.28. The minimum absolute atomic E-state index is 0.130. The predicted octanol–water partition coefficient (Wildman–Crippen LogP) is 1.57. The summed E-state index contributed by atoms with van der Waals surface area (Å²) in [4.78, 5) is 51.8. The molecular weight excluding hydrogens is 384 g/mol. The number of amides is 2. The van der Waals surface area contributed by atoms with E-state index in [4.69, 9.17) is 0 Å². The summed E-state index contributed by atoms with van der Waals surface area (Å²) in [5.41, 5.74) is -0.128. The number of carbonyl (C=O) groups is 2. The summed E-state index contributed by atoms with van der Waals surface area (Å²) >= 11 is 0. The van der Waals surface area contributed by atoms with E-state index >= 15 is 0 Å². The number of nitrogens with one attached hydrogen (secondary N) is 2. The summed E-state index contributed by atoms with van der Waals surface area (Å²) in [6.07, 6.45) is 1.39. The van der Waals surface area contributed by atoms with Crippen LogP contribution in [0.3, 0.4) is 0 Å². The van der Waals surface area contributed by atoms with Crippen LogP contribution >= 0.6 is 0 Å². The number of benzene rings is 2. The molecule has 1 aliphatic heterocycles. The van der Waals surface area contributed by atoms with Crippen molar-refractivity contribution in [2.45, 2.75) is 19.4 Å². The molecule has 0 aliphatic carbocycles. The van der Waals surface area contributed by atoms with Crippen molar-refractivity contribution in [2.24, 2.45) is 5.92 Å². The highest BCUT2D eigenvalue weighted by Crippen LogP contribution is 2.19. The Morgan fingerprint density at radius 2 is 1.70 bits per heavy atom. The predicted molar refractivity (Wildman–Crippen MR) is 113 cm³/mol. The highest BCUT2D eigenvalue weighted by atomic mass is 16.2. The number of para-hydroxylation sites is 1. The molecule has 8 heteroatoms. The second-order valence-corrected chi connectivity index (χ2v) is 7.41. The molecule has 1 aliphatic rings. The third kappa shape index (κ3) is 4.03. The van der Waals surface area contributed by atoms with Gasteiger partial charge in [0.2, 0.25) is 11.8 Å². The van der Waals surface area contributed by atoms with Crippen molar-refractivity contribution in [2.75, 3.05) is 18.4 Å². The Kier molecular flexibility index (Phi) is 5.47. The van der Waals surface area contributed by atoms with Crippen LogP contribution in [-0.4, -0.2) is 39.6 Å². The summed E-state index contributed by atoms with van der Waals surface area (Å²) in [6, 6.07) is 15.7. The third-order valence-corrected chi connectivity index (χ3v) is 5.36. The summed E-state index contributed by atoms with van der Waals surface area (Å²) in [6.45, 7) is 0.524. The summed E-state index contributed by atoms with van der Waals surface area (Å²) < 4.78 is 1.04. The molecule has 2 aromatic carbocycles. The smallest absolute Gasteiger partial charge is 0.273 e. The van der Waals surface area contributed by atoms with Crippen molar-refractivity contribution in [1.29, 1.82) is 0 Å². The zero-order chi connectivity index (χ0) is 21.1. The quantitative estimate of drug-likeness (QED) is 0.686. The van der Waals surface area contributed by atoms with Crippen LogP contribution in [0.5, 0.6) is 0 Å². The van der Waals surface area contributed by atoms with Crippen molar-refractivity contribution < 1.29 is 9.59 Å². The van der Waals surface area contributed by atoms with Gasteiger partial charge >= 0.3 is 0 Å². The number of hydrogen-bond donors (Lipinski definition) is 2. The maximum absolute atomic E-state index is 12.8. The molecule has 2 heterocycles. The van der Waals surface area contributed by atoms with E-state index in [1.807, 2.05) is 30.3 Å². The molecular formula is C22H22N4O4. The van der Waals surface area contributed by atoms with Crippen molar-refractivity contribution in [1.82, 2.24) is 14.7 Å². The summed E-state index contributed by atoms with van der Waals surface area (Å²) in [5.74, 6) is -0.759. The lowest BCUT2D eigenvalue weighted by atomic mass is 9.97. The number of hydrogen-bond acceptors (Lipinski definition) is 4. The van der Waals surface area contributed by atoms with Gasteiger partial charge in [-0.15, -0.1) is 0 Å². The number of anilines is 1. The third-order valence-electron chi connectivity index (χ3n) is 5.36.